The van der Waals surface area contributed by atoms with Gasteiger partial charge in [0.15, 0.2) is 5.65 Å². The third kappa shape index (κ3) is 2.98. The van der Waals surface area contributed by atoms with Gasteiger partial charge < -0.3 is 10.5 Å². The first kappa shape index (κ1) is 14.2. The molecule has 0 spiro atoms. The molecule has 1 unspecified atom stereocenters. The number of nitrogens with two attached hydrogens (primary N) is 1. The van der Waals surface area contributed by atoms with Gasteiger partial charge >= 0.3 is 0 Å². The summed E-state index contributed by atoms with van der Waals surface area (Å²) in [5, 5.41) is 5.00. The molecule has 2 aromatic heterocycles. The number of ether oxygens (including phenoxy) is 1. The lowest BCUT2D eigenvalue weighted by Crippen LogP contribution is -2.37. The summed E-state index contributed by atoms with van der Waals surface area (Å²) >= 11 is 0. The van der Waals surface area contributed by atoms with Gasteiger partial charge in [-0.2, -0.15) is 5.10 Å². The van der Waals surface area contributed by atoms with Gasteiger partial charge in [-0.3, -0.25) is 9.58 Å². The topological polar surface area (TPSA) is 82.1 Å². The Bertz CT molecular complexity index is 623. The van der Waals surface area contributed by atoms with Crippen LogP contribution < -0.4 is 5.73 Å². The highest BCUT2D eigenvalue weighted by Gasteiger charge is 2.21. The molecule has 0 saturated carbocycles. The Balaban J connectivity index is 1.76. The molecular weight excluding hydrogens is 268 g/mol. The van der Waals surface area contributed by atoms with Crippen molar-refractivity contribution in [3.8, 4) is 0 Å². The van der Waals surface area contributed by atoms with Crippen LogP contribution in [-0.4, -0.2) is 51.5 Å². The number of likely N-dealkylation sites (tertiary alicyclic amines) is 1. The van der Waals surface area contributed by atoms with Crippen molar-refractivity contribution in [2.24, 2.45) is 13.0 Å². The Morgan fingerprint density at radius 1 is 1.43 bits per heavy atom. The Labute approximate surface area is 124 Å². The first-order chi connectivity index (χ1) is 10.2. The quantitative estimate of drug-likeness (QED) is 0.897. The second kappa shape index (κ2) is 5.95. The van der Waals surface area contributed by atoms with Crippen molar-refractivity contribution in [1.82, 2.24) is 24.6 Å². The van der Waals surface area contributed by atoms with Gasteiger partial charge in [-0.05, 0) is 25.3 Å². The van der Waals surface area contributed by atoms with E-state index in [1.807, 2.05) is 7.05 Å². The van der Waals surface area contributed by atoms with E-state index in [0.29, 0.717) is 11.7 Å². The fraction of sp³-hybridized carbons (Fsp3) is 0.643. The van der Waals surface area contributed by atoms with E-state index in [4.69, 9.17) is 10.5 Å². The zero-order chi connectivity index (χ0) is 14.8. The lowest BCUT2D eigenvalue weighted by Gasteiger charge is -2.31. The zero-order valence-corrected chi connectivity index (χ0v) is 12.6. The van der Waals surface area contributed by atoms with Crippen molar-refractivity contribution in [2.75, 3.05) is 32.5 Å². The summed E-state index contributed by atoms with van der Waals surface area (Å²) in [5.74, 6) is 1.87. The molecule has 1 saturated heterocycles. The Hall–Kier alpha value is -1.73. The van der Waals surface area contributed by atoms with E-state index in [0.717, 1.165) is 43.1 Å². The molecule has 21 heavy (non-hydrogen) atoms. The van der Waals surface area contributed by atoms with Crippen LogP contribution in [0.25, 0.3) is 11.0 Å². The van der Waals surface area contributed by atoms with Gasteiger partial charge in [0.2, 0.25) is 0 Å². The molecule has 0 radical (unpaired) electrons. The smallest absolute Gasteiger partial charge is 0.163 e. The molecule has 1 atom stereocenters. The minimum atomic E-state index is 0.508. The highest BCUT2D eigenvalue weighted by Crippen LogP contribution is 2.20. The number of piperidine rings is 1. The third-order valence-corrected chi connectivity index (χ3v) is 4.04. The SMILES string of the molecule is COCC1CCCN(Cc2nc(N)c3cnn(C)c3n2)C1. The number of rotatable bonds is 4. The van der Waals surface area contributed by atoms with Crippen LogP contribution in [0.2, 0.25) is 0 Å². The molecule has 0 bridgehead atoms. The minimum Gasteiger partial charge on any atom is -0.384 e. The average molecular weight is 290 g/mol. The van der Waals surface area contributed by atoms with Gasteiger partial charge in [0, 0.05) is 20.7 Å². The van der Waals surface area contributed by atoms with E-state index in [9.17, 15) is 0 Å². The molecule has 2 aromatic rings. The van der Waals surface area contributed by atoms with E-state index in [1.54, 1.807) is 18.0 Å². The van der Waals surface area contributed by atoms with E-state index >= 15 is 0 Å². The number of anilines is 1. The van der Waals surface area contributed by atoms with E-state index in [-0.39, 0.29) is 0 Å². The molecule has 0 amide bonds. The van der Waals surface area contributed by atoms with Gasteiger partial charge in [0.05, 0.1) is 24.7 Å². The summed E-state index contributed by atoms with van der Waals surface area (Å²) in [4.78, 5) is 11.4. The maximum atomic E-state index is 6.01. The lowest BCUT2D eigenvalue weighted by molar-refractivity contribution is 0.0862. The largest absolute Gasteiger partial charge is 0.384 e. The predicted octanol–water partition coefficient (Wildman–Crippen LogP) is 0.804. The molecule has 2 N–H and O–H groups in total. The molecule has 7 heteroatoms. The molecule has 0 aliphatic carbocycles. The van der Waals surface area contributed by atoms with Crippen molar-refractivity contribution in [2.45, 2.75) is 19.4 Å². The van der Waals surface area contributed by atoms with Crippen LogP contribution in [0.5, 0.6) is 0 Å². The van der Waals surface area contributed by atoms with Gasteiger partial charge in [-0.25, -0.2) is 9.97 Å². The normalized spacial score (nSPS) is 20.2. The van der Waals surface area contributed by atoms with Gasteiger partial charge in [0.25, 0.3) is 0 Å². The second-order valence-corrected chi connectivity index (χ2v) is 5.73. The summed E-state index contributed by atoms with van der Waals surface area (Å²) in [6.45, 7) is 3.65. The number of fused-ring (bicyclic) bond motifs is 1. The molecule has 1 aliphatic rings. The lowest BCUT2D eigenvalue weighted by atomic mass is 9.99. The van der Waals surface area contributed by atoms with E-state index < -0.39 is 0 Å². The highest BCUT2D eigenvalue weighted by molar-refractivity contribution is 5.84. The molecule has 3 heterocycles. The zero-order valence-electron chi connectivity index (χ0n) is 12.6. The van der Waals surface area contributed by atoms with E-state index in [1.165, 1.54) is 12.8 Å². The first-order valence-corrected chi connectivity index (χ1v) is 7.32. The van der Waals surface area contributed by atoms with Crippen molar-refractivity contribution in [3.05, 3.63) is 12.0 Å². The molecule has 114 valence electrons. The number of methoxy groups -OCH3 is 1. The van der Waals surface area contributed by atoms with Crippen molar-refractivity contribution >= 4 is 16.9 Å². The number of hydrogen-bond donors (Lipinski definition) is 1. The fourth-order valence-corrected chi connectivity index (χ4v) is 3.03. The maximum absolute atomic E-state index is 6.01. The number of nitrogens with zero attached hydrogens (tertiary/aromatic N) is 5. The third-order valence-electron chi connectivity index (χ3n) is 4.04. The number of aromatic nitrogens is 4. The number of aryl methyl sites for hydroxylation is 1. The second-order valence-electron chi connectivity index (χ2n) is 5.73. The summed E-state index contributed by atoms with van der Waals surface area (Å²) in [6, 6.07) is 0. The Kier molecular flexibility index (Phi) is 4.03. The molecule has 3 rings (SSSR count). The summed E-state index contributed by atoms with van der Waals surface area (Å²) in [7, 11) is 3.63. The molecule has 0 aromatic carbocycles. The van der Waals surface area contributed by atoms with Gasteiger partial charge in [-0.1, -0.05) is 0 Å². The van der Waals surface area contributed by atoms with E-state index in [2.05, 4.69) is 20.0 Å². The molecule has 1 fully saturated rings. The minimum absolute atomic E-state index is 0.508. The number of nitrogen functional groups attached to an aromatic ring is 1. The summed E-state index contributed by atoms with van der Waals surface area (Å²) in [5.41, 5.74) is 6.80. The van der Waals surface area contributed by atoms with Gasteiger partial charge in [0.1, 0.15) is 11.6 Å². The van der Waals surface area contributed by atoms with Crippen molar-refractivity contribution < 1.29 is 4.74 Å². The van der Waals surface area contributed by atoms with Crippen LogP contribution in [-0.2, 0) is 18.3 Å². The fourth-order valence-electron chi connectivity index (χ4n) is 3.03. The Morgan fingerprint density at radius 3 is 3.10 bits per heavy atom. The average Bonchev–Trinajstić information content (AvgIpc) is 2.82. The van der Waals surface area contributed by atoms with Crippen LogP contribution in [0.4, 0.5) is 5.82 Å². The predicted molar refractivity (Wildman–Crippen MR) is 80.6 cm³/mol. The highest BCUT2D eigenvalue weighted by atomic mass is 16.5. The first-order valence-electron chi connectivity index (χ1n) is 7.32. The summed E-state index contributed by atoms with van der Waals surface area (Å²) in [6.07, 6.45) is 4.13. The Morgan fingerprint density at radius 2 is 2.29 bits per heavy atom. The standard InChI is InChI=1S/C14H22N6O/c1-19-14-11(6-16-19)13(15)17-12(18-14)8-20-5-3-4-10(7-20)9-21-2/h6,10H,3-5,7-9H2,1-2H3,(H2,15,17,18). The number of hydrogen-bond acceptors (Lipinski definition) is 6. The van der Waals surface area contributed by atoms with Crippen LogP contribution in [0.15, 0.2) is 6.20 Å². The van der Waals surface area contributed by atoms with Crippen LogP contribution >= 0.6 is 0 Å². The van der Waals surface area contributed by atoms with Gasteiger partial charge in [-0.15, -0.1) is 0 Å². The molecular formula is C14H22N6O. The van der Waals surface area contributed by atoms with Crippen molar-refractivity contribution in [3.63, 3.8) is 0 Å². The monoisotopic (exact) mass is 290 g/mol. The molecule has 7 nitrogen and oxygen atoms in total. The molecule has 1 aliphatic heterocycles. The van der Waals surface area contributed by atoms with Crippen molar-refractivity contribution in [1.29, 1.82) is 0 Å². The van der Waals surface area contributed by atoms with Crippen LogP contribution in [0.3, 0.4) is 0 Å². The maximum Gasteiger partial charge on any atom is 0.163 e. The van der Waals surface area contributed by atoms with Crippen LogP contribution in [0, 0.1) is 5.92 Å². The summed E-state index contributed by atoms with van der Waals surface area (Å²) < 4.78 is 7.01. The van der Waals surface area contributed by atoms with Crippen LogP contribution in [0.1, 0.15) is 18.7 Å².